The standard InChI is InChI=1S/C13H13ClN2OS/c1-8(12-3-2-4-18-12)16-13(17)9-5-10(14)7-11(15)6-9/h2-8H,15H2,1H3,(H,16,17). The molecular formula is C13H13ClN2OS. The largest absolute Gasteiger partial charge is 0.399 e. The highest BCUT2D eigenvalue weighted by Crippen LogP contribution is 2.20. The van der Waals surface area contributed by atoms with E-state index in [1.807, 2.05) is 24.4 Å². The van der Waals surface area contributed by atoms with Crippen LogP contribution in [0.2, 0.25) is 5.02 Å². The van der Waals surface area contributed by atoms with E-state index in [4.69, 9.17) is 17.3 Å². The number of rotatable bonds is 3. The van der Waals surface area contributed by atoms with Gasteiger partial charge in [0.05, 0.1) is 6.04 Å². The van der Waals surface area contributed by atoms with Crippen molar-refractivity contribution in [3.63, 3.8) is 0 Å². The third-order valence-electron chi connectivity index (χ3n) is 2.50. The number of thiophene rings is 1. The molecule has 5 heteroatoms. The van der Waals surface area contributed by atoms with E-state index in [-0.39, 0.29) is 11.9 Å². The molecular weight excluding hydrogens is 268 g/mol. The zero-order valence-corrected chi connectivity index (χ0v) is 11.4. The third-order valence-corrected chi connectivity index (χ3v) is 3.77. The molecule has 1 aromatic heterocycles. The van der Waals surface area contributed by atoms with Crippen LogP contribution in [0.25, 0.3) is 0 Å². The number of halogens is 1. The first-order valence-electron chi connectivity index (χ1n) is 5.46. The SMILES string of the molecule is CC(NC(=O)c1cc(N)cc(Cl)c1)c1cccs1. The lowest BCUT2D eigenvalue weighted by molar-refractivity contribution is 0.0940. The lowest BCUT2D eigenvalue weighted by Gasteiger charge is -2.12. The van der Waals surface area contributed by atoms with Crippen LogP contribution in [0.3, 0.4) is 0 Å². The quantitative estimate of drug-likeness (QED) is 0.846. The molecule has 3 nitrogen and oxygen atoms in total. The zero-order valence-electron chi connectivity index (χ0n) is 9.81. The van der Waals surface area contributed by atoms with Gasteiger partial charge in [-0.1, -0.05) is 17.7 Å². The number of carbonyl (C=O) groups excluding carboxylic acids is 1. The Morgan fingerprint density at radius 3 is 2.83 bits per heavy atom. The summed E-state index contributed by atoms with van der Waals surface area (Å²) in [6.45, 7) is 1.94. The lowest BCUT2D eigenvalue weighted by atomic mass is 10.1. The fourth-order valence-electron chi connectivity index (χ4n) is 1.63. The highest BCUT2D eigenvalue weighted by molar-refractivity contribution is 7.10. The minimum absolute atomic E-state index is 0.0299. The number of carbonyl (C=O) groups is 1. The van der Waals surface area contributed by atoms with E-state index in [9.17, 15) is 4.79 Å². The first-order chi connectivity index (χ1) is 8.56. The molecule has 1 amide bonds. The van der Waals surface area contributed by atoms with Gasteiger partial charge in [-0.25, -0.2) is 0 Å². The van der Waals surface area contributed by atoms with Crippen LogP contribution in [-0.2, 0) is 0 Å². The van der Waals surface area contributed by atoms with Gasteiger partial charge in [-0.2, -0.15) is 0 Å². The number of nitrogen functional groups attached to an aromatic ring is 1. The number of hydrogen-bond acceptors (Lipinski definition) is 3. The molecule has 1 heterocycles. The van der Waals surface area contributed by atoms with Crippen LogP contribution >= 0.6 is 22.9 Å². The van der Waals surface area contributed by atoms with E-state index < -0.39 is 0 Å². The molecule has 18 heavy (non-hydrogen) atoms. The van der Waals surface area contributed by atoms with E-state index in [1.165, 1.54) is 0 Å². The minimum atomic E-state index is -0.176. The zero-order chi connectivity index (χ0) is 13.1. The van der Waals surface area contributed by atoms with Gasteiger partial charge in [-0.15, -0.1) is 11.3 Å². The van der Waals surface area contributed by atoms with Gasteiger partial charge in [0.2, 0.25) is 0 Å². The summed E-state index contributed by atoms with van der Waals surface area (Å²) in [7, 11) is 0. The number of nitrogens with one attached hydrogen (secondary N) is 1. The molecule has 0 aliphatic rings. The van der Waals surface area contributed by atoms with Crippen LogP contribution in [0.4, 0.5) is 5.69 Å². The Morgan fingerprint density at radius 1 is 1.44 bits per heavy atom. The van der Waals surface area contributed by atoms with Gasteiger partial charge in [0.1, 0.15) is 0 Å². The maximum absolute atomic E-state index is 12.0. The molecule has 1 unspecified atom stereocenters. The first kappa shape index (κ1) is 12.9. The normalized spacial score (nSPS) is 12.1. The van der Waals surface area contributed by atoms with E-state index >= 15 is 0 Å². The second kappa shape index (κ2) is 5.42. The van der Waals surface area contributed by atoms with Crippen molar-refractivity contribution < 1.29 is 4.79 Å². The summed E-state index contributed by atoms with van der Waals surface area (Å²) >= 11 is 7.48. The average Bonchev–Trinajstić information content (AvgIpc) is 2.80. The Balaban J connectivity index is 2.12. The van der Waals surface area contributed by atoms with Crippen molar-refractivity contribution in [2.24, 2.45) is 0 Å². The molecule has 0 saturated carbocycles. The molecule has 2 aromatic rings. The van der Waals surface area contributed by atoms with Gasteiger partial charge in [0, 0.05) is 21.2 Å². The fraction of sp³-hybridized carbons (Fsp3) is 0.154. The maximum Gasteiger partial charge on any atom is 0.251 e. The van der Waals surface area contributed by atoms with Crippen molar-refractivity contribution in [2.45, 2.75) is 13.0 Å². The minimum Gasteiger partial charge on any atom is -0.399 e. The Hall–Kier alpha value is -1.52. The molecule has 1 aromatic carbocycles. The topological polar surface area (TPSA) is 55.1 Å². The fourth-order valence-corrected chi connectivity index (χ4v) is 2.61. The molecule has 0 spiro atoms. The van der Waals surface area contributed by atoms with Gasteiger partial charge < -0.3 is 11.1 Å². The molecule has 0 fully saturated rings. The van der Waals surface area contributed by atoms with E-state index in [2.05, 4.69) is 5.32 Å². The van der Waals surface area contributed by atoms with Gasteiger partial charge in [-0.05, 0) is 36.6 Å². The van der Waals surface area contributed by atoms with Crippen LogP contribution in [0, 0.1) is 0 Å². The second-order valence-electron chi connectivity index (χ2n) is 3.98. The van der Waals surface area contributed by atoms with Gasteiger partial charge in [0.25, 0.3) is 5.91 Å². The van der Waals surface area contributed by atoms with E-state index in [1.54, 1.807) is 29.5 Å². The van der Waals surface area contributed by atoms with Crippen molar-refractivity contribution in [3.05, 3.63) is 51.2 Å². The Labute approximate surface area is 115 Å². The lowest BCUT2D eigenvalue weighted by Crippen LogP contribution is -2.26. The van der Waals surface area contributed by atoms with Crippen LogP contribution in [-0.4, -0.2) is 5.91 Å². The van der Waals surface area contributed by atoms with Crippen molar-refractivity contribution in [2.75, 3.05) is 5.73 Å². The number of nitrogens with two attached hydrogens (primary N) is 1. The summed E-state index contributed by atoms with van der Waals surface area (Å²) in [5.41, 5.74) is 6.62. The first-order valence-corrected chi connectivity index (χ1v) is 6.72. The molecule has 0 bridgehead atoms. The van der Waals surface area contributed by atoms with E-state index in [0.717, 1.165) is 4.88 Å². The maximum atomic E-state index is 12.0. The van der Waals surface area contributed by atoms with Crippen molar-refractivity contribution in [1.29, 1.82) is 0 Å². The molecule has 94 valence electrons. The summed E-state index contributed by atoms with van der Waals surface area (Å²) in [4.78, 5) is 13.1. The Kier molecular flexibility index (Phi) is 3.89. The predicted octanol–water partition coefficient (Wildman–Crippen LogP) is 3.47. The number of benzene rings is 1. The molecule has 1 atom stereocenters. The molecule has 0 aliphatic carbocycles. The summed E-state index contributed by atoms with van der Waals surface area (Å²) in [5.74, 6) is -0.176. The Bertz CT molecular complexity index is 534. The van der Waals surface area contributed by atoms with Gasteiger partial charge >= 0.3 is 0 Å². The van der Waals surface area contributed by atoms with Crippen molar-refractivity contribution in [3.8, 4) is 0 Å². The molecule has 0 saturated heterocycles. The van der Waals surface area contributed by atoms with Gasteiger partial charge in [0.15, 0.2) is 0 Å². The molecule has 3 N–H and O–H groups in total. The monoisotopic (exact) mass is 280 g/mol. The highest BCUT2D eigenvalue weighted by atomic mass is 35.5. The van der Waals surface area contributed by atoms with Crippen molar-refractivity contribution >= 4 is 34.5 Å². The number of amides is 1. The molecule has 2 rings (SSSR count). The van der Waals surface area contributed by atoms with Crippen LogP contribution in [0.5, 0.6) is 0 Å². The smallest absolute Gasteiger partial charge is 0.251 e. The molecule has 0 radical (unpaired) electrons. The average molecular weight is 281 g/mol. The summed E-state index contributed by atoms with van der Waals surface area (Å²) in [6.07, 6.45) is 0. The van der Waals surface area contributed by atoms with Crippen LogP contribution in [0.1, 0.15) is 28.2 Å². The predicted molar refractivity (Wildman–Crippen MR) is 76.1 cm³/mol. The summed E-state index contributed by atoms with van der Waals surface area (Å²) in [5, 5.41) is 5.35. The summed E-state index contributed by atoms with van der Waals surface area (Å²) < 4.78 is 0. The number of anilines is 1. The van der Waals surface area contributed by atoms with Crippen molar-refractivity contribution in [1.82, 2.24) is 5.32 Å². The Morgan fingerprint density at radius 2 is 2.22 bits per heavy atom. The van der Waals surface area contributed by atoms with E-state index in [0.29, 0.717) is 16.3 Å². The van der Waals surface area contributed by atoms with Gasteiger partial charge in [-0.3, -0.25) is 4.79 Å². The van der Waals surface area contributed by atoms with Crippen LogP contribution in [0.15, 0.2) is 35.7 Å². The highest BCUT2D eigenvalue weighted by Gasteiger charge is 2.12. The second-order valence-corrected chi connectivity index (χ2v) is 5.40. The number of hydrogen-bond donors (Lipinski definition) is 2. The van der Waals surface area contributed by atoms with Crippen LogP contribution < -0.4 is 11.1 Å². The summed E-state index contributed by atoms with van der Waals surface area (Å²) in [6, 6.07) is 8.75. The molecule has 0 aliphatic heterocycles. The third kappa shape index (κ3) is 3.03.